The number of hydrogen-bond acceptors (Lipinski definition) is 3. The van der Waals surface area contributed by atoms with E-state index in [1.807, 2.05) is 18.2 Å². The lowest BCUT2D eigenvalue weighted by Crippen LogP contribution is -2.19. The number of rotatable bonds is 7. The van der Waals surface area contributed by atoms with Crippen molar-refractivity contribution in [2.75, 3.05) is 6.54 Å². The van der Waals surface area contributed by atoms with E-state index in [4.69, 9.17) is 9.40 Å². The number of nitrogens with zero attached hydrogens (tertiary/aromatic N) is 2. The molecule has 0 bridgehead atoms. The summed E-state index contributed by atoms with van der Waals surface area (Å²) < 4.78 is 7.65. The van der Waals surface area contributed by atoms with Gasteiger partial charge in [0.05, 0.1) is 23.8 Å². The zero-order chi connectivity index (χ0) is 14.5. The van der Waals surface area contributed by atoms with Crippen LogP contribution in [-0.2, 0) is 19.5 Å². The minimum absolute atomic E-state index is 0.787. The van der Waals surface area contributed by atoms with Gasteiger partial charge < -0.3 is 14.3 Å². The van der Waals surface area contributed by atoms with Crippen molar-refractivity contribution in [1.82, 2.24) is 14.9 Å². The third-order valence-corrected chi connectivity index (χ3v) is 3.59. The third kappa shape index (κ3) is 3.16. The van der Waals surface area contributed by atoms with Crippen LogP contribution in [-0.4, -0.2) is 16.1 Å². The second kappa shape index (κ2) is 6.59. The molecule has 0 saturated carbocycles. The molecule has 0 aliphatic carbocycles. The number of benzene rings is 1. The molecule has 110 valence electrons. The van der Waals surface area contributed by atoms with Gasteiger partial charge in [-0.25, -0.2) is 4.98 Å². The van der Waals surface area contributed by atoms with Gasteiger partial charge >= 0.3 is 0 Å². The molecule has 3 rings (SSSR count). The molecule has 1 aromatic carbocycles. The van der Waals surface area contributed by atoms with Crippen molar-refractivity contribution in [3.8, 4) is 0 Å². The minimum Gasteiger partial charge on any atom is -0.469 e. The summed E-state index contributed by atoms with van der Waals surface area (Å²) in [5, 5.41) is 3.46. The van der Waals surface area contributed by atoms with E-state index in [0.717, 1.165) is 49.6 Å². The highest BCUT2D eigenvalue weighted by Crippen LogP contribution is 2.16. The number of nitrogens with one attached hydrogen (secondary N) is 1. The lowest BCUT2D eigenvalue weighted by molar-refractivity contribution is 0.495. The Labute approximate surface area is 124 Å². The lowest BCUT2D eigenvalue weighted by Gasteiger charge is -2.08. The van der Waals surface area contributed by atoms with E-state index in [0.29, 0.717) is 0 Å². The first kappa shape index (κ1) is 13.9. The molecule has 3 aromatic rings. The summed E-state index contributed by atoms with van der Waals surface area (Å²) in [6, 6.07) is 12.3. The SMILES string of the molecule is CCCn1c(CNCCc2ccco2)nc2ccccc21. The van der Waals surface area contributed by atoms with E-state index in [9.17, 15) is 0 Å². The fraction of sp³-hybridized carbons (Fsp3) is 0.353. The summed E-state index contributed by atoms with van der Waals surface area (Å²) >= 11 is 0. The zero-order valence-corrected chi connectivity index (χ0v) is 12.4. The fourth-order valence-electron chi connectivity index (χ4n) is 2.60. The topological polar surface area (TPSA) is 43.0 Å². The molecule has 0 saturated heterocycles. The highest BCUT2D eigenvalue weighted by molar-refractivity contribution is 5.75. The normalized spacial score (nSPS) is 11.3. The van der Waals surface area contributed by atoms with E-state index >= 15 is 0 Å². The van der Waals surface area contributed by atoms with E-state index in [-0.39, 0.29) is 0 Å². The van der Waals surface area contributed by atoms with Crippen molar-refractivity contribution >= 4 is 11.0 Å². The standard InChI is InChI=1S/C17H21N3O/c1-2-11-20-16-8-4-3-7-15(16)19-17(20)13-18-10-9-14-6-5-12-21-14/h3-8,12,18H,2,9-11,13H2,1H3. The summed E-state index contributed by atoms with van der Waals surface area (Å²) in [6.45, 7) is 4.89. The van der Waals surface area contributed by atoms with Gasteiger partial charge in [0.1, 0.15) is 11.6 Å². The first-order chi connectivity index (χ1) is 10.4. The Kier molecular flexibility index (Phi) is 4.36. The van der Waals surface area contributed by atoms with Gasteiger partial charge in [-0.15, -0.1) is 0 Å². The van der Waals surface area contributed by atoms with Crippen LogP contribution in [0.4, 0.5) is 0 Å². The van der Waals surface area contributed by atoms with Gasteiger partial charge in [0, 0.05) is 19.5 Å². The van der Waals surface area contributed by atoms with E-state index in [1.165, 1.54) is 5.52 Å². The molecule has 0 radical (unpaired) electrons. The molecular weight excluding hydrogens is 262 g/mol. The second-order valence-electron chi connectivity index (χ2n) is 5.17. The molecule has 0 fully saturated rings. The number of aromatic nitrogens is 2. The molecule has 2 heterocycles. The molecule has 2 aromatic heterocycles. The van der Waals surface area contributed by atoms with Crippen LogP contribution in [0.15, 0.2) is 47.1 Å². The van der Waals surface area contributed by atoms with Crippen LogP contribution in [0, 0.1) is 0 Å². The van der Waals surface area contributed by atoms with Crippen molar-refractivity contribution in [2.45, 2.75) is 32.9 Å². The van der Waals surface area contributed by atoms with Gasteiger partial charge in [-0.2, -0.15) is 0 Å². The molecule has 21 heavy (non-hydrogen) atoms. The van der Waals surface area contributed by atoms with E-state index < -0.39 is 0 Å². The van der Waals surface area contributed by atoms with Crippen LogP contribution in [0.3, 0.4) is 0 Å². The highest BCUT2D eigenvalue weighted by atomic mass is 16.3. The van der Waals surface area contributed by atoms with Crippen molar-refractivity contribution in [1.29, 1.82) is 0 Å². The van der Waals surface area contributed by atoms with Crippen LogP contribution in [0.1, 0.15) is 24.9 Å². The summed E-state index contributed by atoms with van der Waals surface area (Å²) in [5.41, 5.74) is 2.30. The molecule has 4 heteroatoms. The molecule has 0 spiro atoms. The van der Waals surface area contributed by atoms with Crippen LogP contribution in [0.25, 0.3) is 11.0 Å². The van der Waals surface area contributed by atoms with Crippen molar-refractivity contribution in [3.63, 3.8) is 0 Å². The van der Waals surface area contributed by atoms with Crippen molar-refractivity contribution in [2.24, 2.45) is 0 Å². The number of para-hydroxylation sites is 2. The minimum atomic E-state index is 0.787. The Hall–Kier alpha value is -2.07. The third-order valence-electron chi connectivity index (χ3n) is 3.59. The van der Waals surface area contributed by atoms with E-state index in [1.54, 1.807) is 6.26 Å². The first-order valence-electron chi connectivity index (χ1n) is 7.55. The maximum atomic E-state index is 5.34. The average molecular weight is 283 g/mol. The zero-order valence-electron chi connectivity index (χ0n) is 12.4. The number of hydrogen-bond donors (Lipinski definition) is 1. The highest BCUT2D eigenvalue weighted by Gasteiger charge is 2.09. The molecular formula is C17H21N3O. The van der Waals surface area contributed by atoms with Crippen molar-refractivity contribution in [3.05, 3.63) is 54.2 Å². The number of furan rings is 1. The van der Waals surface area contributed by atoms with E-state index in [2.05, 4.69) is 35.0 Å². The Morgan fingerprint density at radius 1 is 1.19 bits per heavy atom. The predicted molar refractivity (Wildman–Crippen MR) is 84.1 cm³/mol. The van der Waals surface area contributed by atoms with Gasteiger partial charge in [0.25, 0.3) is 0 Å². The van der Waals surface area contributed by atoms with Crippen LogP contribution >= 0.6 is 0 Å². The Morgan fingerprint density at radius 2 is 2.10 bits per heavy atom. The molecule has 0 atom stereocenters. The lowest BCUT2D eigenvalue weighted by atomic mass is 10.3. The monoisotopic (exact) mass is 283 g/mol. The summed E-state index contributed by atoms with van der Waals surface area (Å²) in [7, 11) is 0. The fourth-order valence-corrected chi connectivity index (χ4v) is 2.60. The van der Waals surface area contributed by atoms with Crippen LogP contribution in [0.2, 0.25) is 0 Å². The molecule has 0 unspecified atom stereocenters. The van der Waals surface area contributed by atoms with Crippen LogP contribution < -0.4 is 5.32 Å². The van der Waals surface area contributed by atoms with Gasteiger partial charge in [-0.05, 0) is 30.7 Å². The number of imidazole rings is 1. The molecule has 1 N–H and O–H groups in total. The second-order valence-corrected chi connectivity index (χ2v) is 5.17. The Balaban J connectivity index is 1.66. The summed E-state index contributed by atoms with van der Waals surface area (Å²) in [6.07, 6.45) is 3.73. The average Bonchev–Trinajstić information content (AvgIpc) is 3.13. The largest absolute Gasteiger partial charge is 0.469 e. The maximum absolute atomic E-state index is 5.34. The van der Waals surface area contributed by atoms with Gasteiger partial charge in [0.15, 0.2) is 0 Å². The summed E-state index contributed by atoms with van der Waals surface area (Å²) in [4.78, 5) is 4.74. The Bertz CT molecular complexity index is 685. The van der Waals surface area contributed by atoms with Crippen LogP contribution in [0.5, 0.6) is 0 Å². The number of fused-ring (bicyclic) bond motifs is 1. The van der Waals surface area contributed by atoms with Gasteiger partial charge in [-0.1, -0.05) is 19.1 Å². The Morgan fingerprint density at radius 3 is 2.90 bits per heavy atom. The molecule has 4 nitrogen and oxygen atoms in total. The maximum Gasteiger partial charge on any atom is 0.123 e. The molecule has 0 amide bonds. The predicted octanol–water partition coefficient (Wildman–Crippen LogP) is 3.37. The van der Waals surface area contributed by atoms with Crippen molar-refractivity contribution < 1.29 is 4.42 Å². The van der Waals surface area contributed by atoms with Gasteiger partial charge in [-0.3, -0.25) is 0 Å². The summed E-state index contributed by atoms with van der Waals surface area (Å²) in [5.74, 6) is 2.13. The first-order valence-corrected chi connectivity index (χ1v) is 7.55. The smallest absolute Gasteiger partial charge is 0.123 e. The number of aryl methyl sites for hydroxylation is 1. The quantitative estimate of drug-likeness (QED) is 0.676. The van der Waals surface area contributed by atoms with Gasteiger partial charge in [0.2, 0.25) is 0 Å². The molecule has 0 aliphatic heterocycles. The molecule has 0 aliphatic rings.